The van der Waals surface area contributed by atoms with Gasteiger partial charge in [-0.3, -0.25) is 9.47 Å². The molecule has 14 heteroatoms. The molecule has 0 aliphatic carbocycles. The van der Waals surface area contributed by atoms with Gasteiger partial charge in [0.25, 0.3) is 6.43 Å². The molecular weight excluding hydrogens is 546 g/mol. The second-order valence-corrected chi connectivity index (χ2v) is 9.99. The molecule has 1 aliphatic heterocycles. The van der Waals surface area contributed by atoms with Crippen molar-refractivity contribution in [3.8, 4) is 23.5 Å². The Bertz CT molecular complexity index is 1810. The van der Waals surface area contributed by atoms with Crippen molar-refractivity contribution in [3.05, 3.63) is 71.4 Å². The van der Waals surface area contributed by atoms with E-state index in [-0.39, 0.29) is 23.0 Å². The Hall–Kier alpha value is -5.00. The van der Waals surface area contributed by atoms with Gasteiger partial charge in [0.2, 0.25) is 0 Å². The maximum Gasteiger partial charge on any atom is 0.267 e. The summed E-state index contributed by atoms with van der Waals surface area (Å²) in [5.74, 6) is 1.12. The molecule has 5 heterocycles. The van der Waals surface area contributed by atoms with Gasteiger partial charge in [0.05, 0.1) is 35.1 Å². The highest BCUT2D eigenvalue weighted by Gasteiger charge is 2.32. The molecule has 0 radical (unpaired) electrons. The van der Waals surface area contributed by atoms with E-state index in [0.717, 1.165) is 18.7 Å². The summed E-state index contributed by atoms with van der Waals surface area (Å²) < 4.78 is 36.3. The summed E-state index contributed by atoms with van der Waals surface area (Å²) in [5.41, 5.74) is 2.80. The predicted octanol–water partition coefficient (Wildman–Crippen LogP) is 4.00. The standard InChI is InChI=1S/C28H26F2N10O2/c1-15-10-16(13-31)37-40(15)27-18(26(29)30)4-7-25(34-27)39-14-32-20-11-21(23(42-3)12-22(20)39)33-24-6-5-19(35-36-24)17-8-9-38(2)28(17)41/h4-7,10-12,14,17,26,28,41H,8-9H2,1-3H3,(H,33,36)/t17-,28?/m0/s1. The molecule has 5 aromatic rings. The minimum atomic E-state index is -2.80. The van der Waals surface area contributed by atoms with Crippen molar-refractivity contribution in [2.45, 2.75) is 31.9 Å². The lowest BCUT2D eigenvalue weighted by Gasteiger charge is -2.18. The molecule has 6 rings (SSSR count). The number of aliphatic hydroxyl groups excluding tert-OH is 1. The van der Waals surface area contributed by atoms with Crippen molar-refractivity contribution < 1.29 is 18.6 Å². The lowest BCUT2D eigenvalue weighted by Crippen LogP contribution is -2.28. The number of anilines is 2. The number of ether oxygens (including phenoxy) is 1. The van der Waals surface area contributed by atoms with E-state index in [1.54, 1.807) is 29.7 Å². The fourth-order valence-electron chi connectivity index (χ4n) is 5.13. The summed E-state index contributed by atoms with van der Waals surface area (Å²) in [4.78, 5) is 10.9. The minimum absolute atomic E-state index is 0.0765. The van der Waals surface area contributed by atoms with E-state index in [0.29, 0.717) is 39.8 Å². The number of aromatic nitrogens is 7. The number of nitriles is 1. The van der Waals surface area contributed by atoms with Crippen LogP contribution < -0.4 is 10.1 Å². The van der Waals surface area contributed by atoms with E-state index in [2.05, 4.69) is 30.6 Å². The van der Waals surface area contributed by atoms with Crippen molar-refractivity contribution in [3.63, 3.8) is 0 Å². The van der Waals surface area contributed by atoms with Gasteiger partial charge in [-0.25, -0.2) is 23.4 Å². The van der Waals surface area contributed by atoms with Crippen molar-refractivity contribution in [2.24, 2.45) is 0 Å². The third-order valence-electron chi connectivity index (χ3n) is 7.38. The number of aryl methyl sites for hydroxylation is 1. The average Bonchev–Trinajstić information content (AvgIpc) is 3.68. The van der Waals surface area contributed by atoms with Gasteiger partial charge in [0.15, 0.2) is 17.3 Å². The number of alkyl halides is 2. The van der Waals surface area contributed by atoms with Gasteiger partial charge in [0, 0.05) is 24.2 Å². The first kappa shape index (κ1) is 27.2. The molecule has 4 aromatic heterocycles. The van der Waals surface area contributed by atoms with E-state index < -0.39 is 12.7 Å². The van der Waals surface area contributed by atoms with Crippen molar-refractivity contribution in [1.82, 2.24) is 39.4 Å². The number of rotatable bonds is 7. The Balaban J connectivity index is 1.33. The molecule has 0 amide bonds. The van der Waals surface area contributed by atoms with Crippen LogP contribution in [0.4, 0.5) is 20.3 Å². The summed E-state index contributed by atoms with van der Waals surface area (Å²) in [7, 11) is 3.40. The number of likely N-dealkylation sites (N-methyl/N-ethyl adjacent to an activating group) is 1. The largest absolute Gasteiger partial charge is 0.494 e. The van der Waals surface area contributed by atoms with Crippen LogP contribution in [0, 0.1) is 18.3 Å². The maximum absolute atomic E-state index is 13.9. The normalized spacial score (nSPS) is 17.2. The molecule has 0 saturated carbocycles. The van der Waals surface area contributed by atoms with E-state index in [9.17, 15) is 19.1 Å². The fraction of sp³-hybridized carbons (Fsp3) is 0.286. The monoisotopic (exact) mass is 572 g/mol. The summed E-state index contributed by atoms with van der Waals surface area (Å²) in [6.45, 7) is 2.45. The number of nitrogens with one attached hydrogen (secondary N) is 1. The van der Waals surface area contributed by atoms with Crippen LogP contribution in [0.3, 0.4) is 0 Å². The van der Waals surface area contributed by atoms with Crippen LogP contribution in [-0.4, -0.2) is 71.4 Å². The second kappa shape index (κ2) is 10.8. The van der Waals surface area contributed by atoms with Crippen LogP contribution in [0.25, 0.3) is 22.7 Å². The van der Waals surface area contributed by atoms with Crippen LogP contribution in [0.15, 0.2) is 48.8 Å². The number of fused-ring (bicyclic) bond motifs is 1. The number of imidazole rings is 1. The van der Waals surface area contributed by atoms with Gasteiger partial charge >= 0.3 is 0 Å². The van der Waals surface area contributed by atoms with Gasteiger partial charge in [-0.1, -0.05) is 0 Å². The molecule has 214 valence electrons. The summed E-state index contributed by atoms with van der Waals surface area (Å²) in [6, 6.07) is 13.4. The molecule has 1 unspecified atom stereocenters. The topological polar surface area (TPSA) is 143 Å². The van der Waals surface area contributed by atoms with Crippen LogP contribution in [-0.2, 0) is 0 Å². The third-order valence-corrected chi connectivity index (χ3v) is 7.38. The highest BCUT2D eigenvalue weighted by molar-refractivity contribution is 5.85. The van der Waals surface area contributed by atoms with E-state index in [4.69, 9.17) is 4.74 Å². The molecule has 2 atom stereocenters. The second-order valence-electron chi connectivity index (χ2n) is 9.99. The third kappa shape index (κ3) is 4.78. The minimum Gasteiger partial charge on any atom is -0.494 e. The number of nitrogens with zero attached hydrogens (tertiary/aromatic N) is 9. The van der Waals surface area contributed by atoms with Crippen LogP contribution >= 0.6 is 0 Å². The lowest BCUT2D eigenvalue weighted by molar-refractivity contribution is 0.0434. The zero-order chi connectivity index (χ0) is 29.5. The van der Waals surface area contributed by atoms with Gasteiger partial charge < -0.3 is 15.2 Å². The van der Waals surface area contributed by atoms with E-state index >= 15 is 0 Å². The fourth-order valence-corrected chi connectivity index (χ4v) is 5.13. The van der Waals surface area contributed by atoms with Crippen LogP contribution in [0.2, 0.25) is 0 Å². The molecule has 1 fully saturated rings. The first-order valence-corrected chi connectivity index (χ1v) is 13.1. The Morgan fingerprint density at radius 3 is 2.64 bits per heavy atom. The summed E-state index contributed by atoms with van der Waals surface area (Å²) in [6.07, 6.45) is -1.05. The van der Waals surface area contributed by atoms with Gasteiger partial charge in [-0.05, 0) is 56.8 Å². The summed E-state index contributed by atoms with van der Waals surface area (Å²) >= 11 is 0. The van der Waals surface area contributed by atoms with E-state index in [1.807, 2.05) is 24.1 Å². The summed E-state index contributed by atoms with van der Waals surface area (Å²) in [5, 5.41) is 35.5. The molecular formula is C28H26F2N10O2. The molecule has 1 aromatic carbocycles. The smallest absolute Gasteiger partial charge is 0.267 e. The Labute approximate surface area is 238 Å². The SMILES string of the molecule is COc1cc2c(cc1Nc1ccc([C@@H]3CCN(C)C3O)nn1)ncn2-c1ccc(C(F)F)c(-n2nc(C#N)cc2C)n1. The highest BCUT2D eigenvalue weighted by atomic mass is 19.3. The van der Waals surface area contributed by atoms with Crippen molar-refractivity contribution in [2.75, 3.05) is 26.0 Å². The molecule has 1 saturated heterocycles. The molecule has 0 spiro atoms. The van der Waals surface area contributed by atoms with Gasteiger partial charge in [-0.15, -0.1) is 5.10 Å². The molecule has 0 bridgehead atoms. The highest BCUT2D eigenvalue weighted by Crippen LogP contribution is 2.34. The Morgan fingerprint density at radius 2 is 2.00 bits per heavy atom. The number of likely N-dealkylation sites (tertiary alicyclic amines) is 1. The van der Waals surface area contributed by atoms with Crippen LogP contribution in [0.1, 0.15) is 41.4 Å². The Kier molecular flexibility index (Phi) is 6.97. The zero-order valence-electron chi connectivity index (χ0n) is 22.9. The van der Waals surface area contributed by atoms with Crippen LogP contribution in [0.5, 0.6) is 5.75 Å². The van der Waals surface area contributed by atoms with Crippen molar-refractivity contribution >= 4 is 22.5 Å². The molecule has 42 heavy (non-hydrogen) atoms. The molecule has 1 aliphatic rings. The number of pyridine rings is 1. The lowest BCUT2D eigenvalue weighted by atomic mass is 10.0. The maximum atomic E-state index is 13.9. The zero-order valence-corrected chi connectivity index (χ0v) is 22.9. The quantitative estimate of drug-likeness (QED) is 0.294. The molecule has 12 nitrogen and oxygen atoms in total. The number of benzene rings is 1. The van der Waals surface area contributed by atoms with Crippen molar-refractivity contribution in [1.29, 1.82) is 5.26 Å². The number of aliphatic hydroxyl groups is 1. The number of methoxy groups -OCH3 is 1. The van der Waals surface area contributed by atoms with E-state index in [1.165, 1.54) is 36.3 Å². The Morgan fingerprint density at radius 1 is 1.17 bits per heavy atom. The number of halogens is 2. The first-order chi connectivity index (χ1) is 20.3. The van der Waals surface area contributed by atoms with Gasteiger partial charge in [-0.2, -0.15) is 15.5 Å². The number of hydrogen-bond acceptors (Lipinski definition) is 10. The predicted molar refractivity (Wildman–Crippen MR) is 148 cm³/mol. The number of hydrogen-bond donors (Lipinski definition) is 2. The van der Waals surface area contributed by atoms with Gasteiger partial charge in [0.1, 0.15) is 30.2 Å². The molecule has 2 N–H and O–H groups in total. The average molecular weight is 573 g/mol. The first-order valence-electron chi connectivity index (χ1n) is 13.1.